The van der Waals surface area contributed by atoms with Gasteiger partial charge >= 0.3 is 0 Å². The lowest BCUT2D eigenvalue weighted by molar-refractivity contribution is 0.969. The van der Waals surface area contributed by atoms with Crippen molar-refractivity contribution in [3.63, 3.8) is 0 Å². The molecule has 0 N–H and O–H groups in total. The Kier molecular flexibility index (Phi) is 5.34. The predicted molar refractivity (Wildman–Crippen MR) is 93.3 cm³/mol. The first-order chi connectivity index (χ1) is 10.1. The molecule has 0 aliphatic carbocycles. The minimum Gasteiger partial charge on any atom is -0.0961 e. The highest BCUT2D eigenvalue weighted by Crippen LogP contribution is 2.20. The third-order valence-electron chi connectivity index (χ3n) is 3.40. The summed E-state index contributed by atoms with van der Waals surface area (Å²) in [4.78, 5) is 0. The van der Waals surface area contributed by atoms with E-state index in [2.05, 4.69) is 67.8 Å². The van der Waals surface area contributed by atoms with Gasteiger partial charge in [0.1, 0.15) is 0 Å². The second kappa shape index (κ2) is 7.44. The van der Waals surface area contributed by atoms with Gasteiger partial charge in [0.2, 0.25) is 0 Å². The molecule has 0 aromatic heterocycles. The van der Waals surface area contributed by atoms with Crippen LogP contribution in [0.4, 0.5) is 0 Å². The van der Waals surface area contributed by atoms with Crippen LogP contribution in [0.25, 0.3) is 11.1 Å². The van der Waals surface area contributed by atoms with E-state index in [-0.39, 0.29) is 0 Å². The molecule has 0 bridgehead atoms. The van der Waals surface area contributed by atoms with Gasteiger partial charge in [-0.3, -0.25) is 0 Å². The SMILES string of the molecule is C=C(C)/C=C\C(=C)CCc1ccc(-c2ccccc2)cc1. The molecule has 0 atom stereocenters. The summed E-state index contributed by atoms with van der Waals surface area (Å²) in [7, 11) is 0. The number of rotatable bonds is 6. The lowest BCUT2D eigenvalue weighted by Crippen LogP contribution is -1.87. The summed E-state index contributed by atoms with van der Waals surface area (Å²) in [5, 5.41) is 0. The monoisotopic (exact) mass is 274 g/mol. The van der Waals surface area contributed by atoms with Crippen LogP contribution in [0.2, 0.25) is 0 Å². The Hall–Kier alpha value is -2.34. The highest BCUT2D eigenvalue weighted by Gasteiger charge is 1.98. The van der Waals surface area contributed by atoms with Crippen molar-refractivity contribution in [1.82, 2.24) is 0 Å². The van der Waals surface area contributed by atoms with Gasteiger partial charge in [0, 0.05) is 0 Å². The molecule has 0 nitrogen and oxygen atoms in total. The minimum atomic E-state index is 0.981. The van der Waals surface area contributed by atoms with E-state index in [0.29, 0.717) is 0 Å². The van der Waals surface area contributed by atoms with Crippen molar-refractivity contribution in [3.8, 4) is 11.1 Å². The minimum absolute atomic E-state index is 0.981. The highest BCUT2D eigenvalue weighted by atomic mass is 14.0. The highest BCUT2D eigenvalue weighted by molar-refractivity contribution is 5.63. The molecule has 0 radical (unpaired) electrons. The first kappa shape index (κ1) is 15.1. The fourth-order valence-corrected chi connectivity index (χ4v) is 2.14. The molecular formula is C21H22. The van der Waals surface area contributed by atoms with Crippen molar-refractivity contribution in [3.05, 3.63) is 96.6 Å². The molecule has 2 aromatic rings. The topological polar surface area (TPSA) is 0 Å². The zero-order chi connectivity index (χ0) is 15.1. The van der Waals surface area contributed by atoms with E-state index in [1.54, 1.807) is 0 Å². The molecule has 0 aliphatic heterocycles. The van der Waals surface area contributed by atoms with Gasteiger partial charge in [-0.25, -0.2) is 0 Å². The molecule has 0 saturated heterocycles. The Morgan fingerprint density at radius 2 is 1.48 bits per heavy atom. The van der Waals surface area contributed by atoms with E-state index in [1.165, 1.54) is 16.7 Å². The van der Waals surface area contributed by atoms with Crippen LogP contribution in [0.5, 0.6) is 0 Å². The second-order valence-electron chi connectivity index (χ2n) is 5.40. The average Bonchev–Trinajstić information content (AvgIpc) is 2.52. The Morgan fingerprint density at radius 1 is 0.857 bits per heavy atom. The first-order valence-electron chi connectivity index (χ1n) is 7.31. The van der Waals surface area contributed by atoms with Crippen LogP contribution in [0.1, 0.15) is 18.9 Å². The van der Waals surface area contributed by atoms with Gasteiger partial charge in [-0.05, 0) is 36.5 Å². The van der Waals surface area contributed by atoms with Gasteiger partial charge in [-0.2, -0.15) is 0 Å². The molecular weight excluding hydrogens is 252 g/mol. The van der Waals surface area contributed by atoms with E-state index in [0.717, 1.165) is 24.0 Å². The maximum Gasteiger partial charge on any atom is -0.0184 e. The number of hydrogen-bond donors (Lipinski definition) is 0. The van der Waals surface area contributed by atoms with E-state index in [4.69, 9.17) is 0 Å². The molecule has 0 spiro atoms. The second-order valence-corrected chi connectivity index (χ2v) is 5.40. The van der Waals surface area contributed by atoms with Gasteiger partial charge in [0.15, 0.2) is 0 Å². The molecule has 0 fully saturated rings. The lowest BCUT2D eigenvalue weighted by atomic mass is 10.0. The Morgan fingerprint density at radius 3 is 2.10 bits per heavy atom. The summed E-state index contributed by atoms with van der Waals surface area (Å²) >= 11 is 0. The maximum absolute atomic E-state index is 4.08. The van der Waals surface area contributed by atoms with Crippen molar-refractivity contribution in [2.45, 2.75) is 19.8 Å². The average molecular weight is 274 g/mol. The quantitative estimate of drug-likeness (QED) is 0.569. The summed E-state index contributed by atoms with van der Waals surface area (Å²) in [6, 6.07) is 19.3. The normalized spacial score (nSPS) is 10.7. The molecule has 0 heteroatoms. The molecule has 0 aliphatic rings. The maximum atomic E-state index is 4.08. The zero-order valence-electron chi connectivity index (χ0n) is 12.7. The van der Waals surface area contributed by atoms with Crippen molar-refractivity contribution < 1.29 is 0 Å². The largest absolute Gasteiger partial charge is 0.0961 e. The molecule has 2 rings (SSSR count). The zero-order valence-corrected chi connectivity index (χ0v) is 12.7. The summed E-state index contributed by atoms with van der Waals surface area (Å²) in [6.45, 7) is 9.93. The summed E-state index contributed by atoms with van der Waals surface area (Å²) in [5.74, 6) is 0. The fraction of sp³-hybridized carbons (Fsp3) is 0.143. The van der Waals surface area contributed by atoms with Crippen LogP contribution in [0, 0.1) is 0 Å². The van der Waals surface area contributed by atoms with Crippen LogP contribution in [-0.2, 0) is 6.42 Å². The molecule has 0 saturated carbocycles. The summed E-state index contributed by atoms with van der Waals surface area (Å²) in [5.41, 5.74) is 6.08. The van der Waals surface area contributed by atoms with Crippen molar-refractivity contribution in [1.29, 1.82) is 0 Å². The summed E-state index contributed by atoms with van der Waals surface area (Å²) < 4.78 is 0. The van der Waals surface area contributed by atoms with Crippen LogP contribution in [-0.4, -0.2) is 0 Å². The molecule has 0 amide bonds. The van der Waals surface area contributed by atoms with E-state index in [9.17, 15) is 0 Å². The predicted octanol–water partition coefficient (Wildman–Crippen LogP) is 5.97. The van der Waals surface area contributed by atoms with Crippen LogP contribution >= 0.6 is 0 Å². The summed E-state index contributed by atoms with van der Waals surface area (Å²) in [6.07, 6.45) is 6.07. The molecule has 0 unspecified atom stereocenters. The van der Waals surface area contributed by atoms with Crippen molar-refractivity contribution in [2.24, 2.45) is 0 Å². The van der Waals surface area contributed by atoms with Gasteiger partial charge in [-0.15, -0.1) is 0 Å². The molecule has 0 heterocycles. The third-order valence-corrected chi connectivity index (χ3v) is 3.40. The van der Waals surface area contributed by atoms with Gasteiger partial charge in [0.05, 0.1) is 0 Å². The fourth-order valence-electron chi connectivity index (χ4n) is 2.14. The van der Waals surface area contributed by atoms with E-state index in [1.807, 2.05) is 19.1 Å². The Labute approximate surface area is 128 Å². The Bertz CT molecular complexity index is 627. The number of benzene rings is 2. The van der Waals surface area contributed by atoms with Crippen molar-refractivity contribution in [2.75, 3.05) is 0 Å². The first-order valence-corrected chi connectivity index (χ1v) is 7.31. The molecule has 21 heavy (non-hydrogen) atoms. The van der Waals surface area contributed by atoms with Crippen LogP contribution in [0.15, 0.2) is 91.1 Å². The van der Waals surface area contributed by atoms with E-state index < -0.39 is 0 Å². The number of aryl methyl sites for hydroxylation is 1. The molecule has 2 aromatic carbocycles. The van der Waals surface area contributed by atoms with Crippen molar-refractivity contribution >= 4 is 0 Å². The number of hydrogen-bond acceptors (Lipinski definition) is 0. The van der Waals surface area contributed by atoms with E-state index >= 15 is 0 Å². The van der Waals surface area contributed by atoms with Gasteiger partial charge in [-0.1, -0.05) is 91.1 Å². The van der Waals surface area contributed by atoms with Crippen LogP contribution in [0.3, 0.4) is 0 Å². The number of allylic oxidation sites excluding steroid dienone is 4. The van der Waals surface area contributed by atoms with Gasteiger partial charge in [0.25, 0.3) is 0 Å². The van der Waals surface area contributed by atoms with Gasteiger partial charge < -0.3 is 0 Å². The standard InChI is InChI=1S/C21H22/c1-17(2)9-10-18(3)11-12-19-13-15-21(16-14-19)20-7-5-4-6-8-20/h4-10,13-16H,1,3,11-12H2,2H3/b10-9-. The third kappa shape index (κ3) is 4.92. The van der Waals surface area contributed by atoms with Crippen LogP contribution < -0.4 is 0 Å². The smallest absolute Gasteiger partial charge is 0.0184 e. The Balaban J connectivity index is 1.94. The lowest BCUT2D eigenvalue weighted by Gasteiger charge is -2.05. The molecule has 106 valence electrons.